The van der Waals surface area contributed by atoms with Gasteiger partial charge < -0.3 is 0 Å². The Hall–Kier alpha value is -1.44. The van der Waals surface area contributed by atoms with E-state index >= 15 is 0 Å². The summed E-state index contributed by atoms with van der Waals surface area (Å²) in [6.07, 6.45) is -4.88. The first-order valence-electron chi connectivity index (χ1n) is 4.72. The molecule has 0 bridgehead atoms. The molecule has 0 atom stereocenters. The van der Waals surface area contributed by atoms with Crippen LogP contribution < -0.4 is 0 Å². The van der Waals surface area contributed by atoms with Crippen LogP contribution in [0.3, 0.4) is 0 Å². The second-order valence-electron chi connectivity index (χ2n) is 3.35. The number of alkyl halides is 4. The second-order valence-corrected chi connectivity index (χ2v) is 4.14. The molecule has 0 amide bonds. The molecular formula is C10H7BrF3NO3. The third kappa shape index (κ3) is 3.28. The molecule has 0 aromatic heterocycles. The van der Waals surface area contributed by atoms with Crippen molar-refractivity contribution in [2.45, 2.75) is 12.6 Å². The number of carbonyl (C=O) groups excluding carboxylic acids is 1. The fraction of sp³-hybridized carbons (Fsp3) is 0.300. The molecule has 4 nitrogen and oxygen atoms in total. The van der Waals surface area contributed by atoms with Gasteiger partial charge in [-0.3, -0.25) is 14.9 Å². The largest absolute Gasteiger partial charge is 0.417 e. The molecule has 0 aliphatic heterocycles. The summed E-state index contributed by atoms with van der Waals surface area (Å²) in [7, 11) is 0. The lowest BCUT2D eigenvalue weighted by molar-refractivity contribution is -0.384. The number of non-ortho nitro benzene ring substituents is 1. The summed E-state index contributed by atoms with van der Waals surface area (Å²) in [5, 5.41) is 10.7. The Labute approximate surface area is 108 Å². The maximum absolute atomic E-state index is 12.6. The predicted molar refractivity (Wildman–Crippen MR) is 60.8 cm³/mol. The average Bonchev–Trinajstić information content (AvgIpc) is 2.27. The zero-order valence-corrected chi connectivity index (χ0v) is 10.4. The minimum Gasteiger partial charge on any atom is -0.294 e. The number of hydrogen-bond acceptors (Lipinski definition) is 3. The van der Waals surface area contributed by atoms with Crippen LogP contribution in [-0.4, -0.2) is 16.0 Å². The van der Waals surface area contributed by atoms with Gasteiger partial charge in [0, 0.05) is 29.4 Å². The Kier molecular flexibility index (Phi) is 4.44. The topological polar surface area (TPSA) is 60.2 Å². The Morgan fingerprint density at radius 2 is 2.00 bits per heavy atom. The molecule has 1 aromatic carbocycles. The third-order valence-corrected chi connectivity index (χ3v) is 2.54. The molecule has 0 heterocycles. The van der Waals surface area contributed by atoms with Crippen molar-refractivity contribution in [1.82, 2.24) is 0 Å². The van der Waals surface area contributed by atoms with Crippen molar-refractivity contribution >= 4 is 27.4 Å². The lowest BCUT2D eigenvalue weighted by atomic mass is 10.0. The molecule has 0 fully saturated rings. The predicted octanol–water partition coefficient (Wildman–Crippen LogP) is 3.58. The Morgan fingerprint density at radius 3 is 2.44 bits per heavy atom. The molecule has 0 aliphatic carbocycles. The fourth-order valence-corrected chi connectivity index (χ4v) is 1.70. The number of benzene rings is 1. The van der Waals surface area contributed by atoms with Gasteiger partial charge in [-0.25, -0.2) is 0 Å². The van der Waals surface area contributed by atoms with Crippen LogP contribution in [0.2, 0.25) is 0 Å². The Morgan fingerprint density at radius 1 is 1.39 bits per heavy atom. The maximum atomic E-state index is 12.6. The van der Waals surface area contributed by atoms with Crippen LogP contribution in [0.15, 0.2) is 18.2 Å². The lowest BCUT2D eigenvalue weighted by Crippen LogP contribution is -2.13. The summed E-state index contributed by atoms with van der Waals surface area (Å²) in [5.41, 5.74) is -2.36. The number of halogens is 4. The quantitative estimate of drug-likeness (QED) is 0.368. The monoisotopic (exact) mass is 325 g/mol. The summed E-state index contributed by atoms with van der Waals surface area (Å²) in [4.78, 5) is 21.2. The van der Waals surface area contributed by atoms with E-state index in [2.05, 4.69) is 15.9 Å². The number of carbonyl (C=O) groups is 1. The van der Waals surface area contributed by atoms with E-state index in [4.69, 9.17) is 0 Å². The highest BCUT2D eigenvalue weighted by Gasteiger charge is 2.35. The molecule has 0 aliphatic rings. The molecule has 0 saturated heterocycles. The number of nitrogens with zero attached hydrogens (tertiary/aromatic N) is 1. The lowest BCUT2D eigenvalue weighted by Gasteiger charge is -2.11. The number of rotatable bonds is 4. The van der Waals surface area contributed by atoms with Gasteiger partial charge in [0.15, 0.2) is 5.78 Å². The van der Waals surface area contributed by atoms with Crippen molar-refractivity contribution < 1.29 is 22.9 Å². The van der Waals surface area contributed by atoms with Crippen molar-refractivity contribution in [3.05, 3.63) is 39.4 Å². The van der Waals surface area contributed by atoms with Gasteiger partial charge in [-0.1, -0.05) is 15.9 Å². The van der Waals surface area contributed by atoms with Gasteiger partial charge in [-0.05, 0) is 6.07 Å². The van der Waals surface area contributed by atoms with Crippen molar-refractivity contribution in [2.75, 3.05) is 5.33 Å². The maximum Gasteiger partial charge on any atom is 0.417 e. The summed E-state index contributed by atoms with van der Waals surface area (Å²) in [5.74, 6) is -0.789. The normalized spacial score (nSPS) is 11.3. The van der Waals surface area contributed by atoms with Gasteiger partial charge in [0.05, 0.1) is 10.5 Å². The molecule has 98 valence electrons. The Bertz CT molecular complexity index is 488. The van der Waals surface area contributed by atoms with Gasteiger partial charge >= 0.3 is 6.18 Å². The van der Waals surface area contributed by atoms with E-state index in [9.17, 15) is 28.1 Å². The first-order valence-corrected chi connectivity index (χ1v) is 5.84. The van der Waals surface area contributed by atoms with E-state index in [0.717, 1.165) is 6.07 Å². The summed E-state index contributed by atoms with van der Waals surface area (Å²) in [6.45, 7) is 0. The minimum absolute atomic E-state index is 0.162. The van der Waals surface area contributed by atoms with E-state index in [0.29, 0.717) is 12.1 Å². The number of ketones is 1. The van der Waals surface area contributed by atoms with E-state index < -0.39 is 33.7 Å². The molecular weight excluding hydrogens is 319 g/mol. The number of nitro groups is 1. The first-order chi connectivity index (χ1) is 8.27. The van der Waals surface area contributed by atoms with E-state index in [1.54, 1.807) is 0 Å². The summed E-state index contributed by atoms with van der Waals surface area (Å²) >= 11 is 2.93. The van der Waals surface area contributed by atoms with Gasteiger partial charge in [0.2, 0.25) is 0 Å². The van der Waals surface area contributed by atoms with Crippen LogP contribution in [0.4, 0.5) is 18.9 Å². The third-order valence-electron chi connectivity index (χ3n) is 2.14. The Balaban J connectivity index is 3.36. The standard InChI is InChI=1S/C10H7BrF3NO3/c11-4-3-9(16)7-5-6(15(17)18)1-2-8(7)10(12,13)14/h1-2,5H,3-4H2. The van der Waals surface area contributed by atoms with Crippen molar-refractivity contribution in [2.24, 2.45) is 0 Å². The molecule has 0 unspecified atom stereocenters. The molecule has 0 spiro atoms. The van der Waals surface area contributed by atoms with Crippen LogP contribution in [0.25, 0.3) is 0 Å². The highest BCUT2D eigenvalue weighted by molar-refractivity contribution is 9.09. The fourth-order valence-electron chi connectivity index (χ4n) is 1.34. The van der Waals surface area contributed by atoms with Crippen molar-refractivity contribution in [1.29, 1.82) is 0 Å². The number of hydrogen-bond donors (Lipinski definition) is 0. The molecule has 1 aromatic rings. The van der Waals surface area contributed by atoms with Crippen LogP contribution in [0.5, 0.6) is 0 Å². The van der Waals surface area contributed by atoms with E-state index in [1.165, 1.54) is 0 Å². The van der Waals surface area contributed by atoms with E-state index in [-0.39, 0.29) is 11.8 Å². The molecule has 0 saturated carbocycles. The average molecular weight is 326 g/mol. The van der Waals surface area contributed by atoms with Gasteiger partial charge in [-0.2, -0.15) is 13.2 Å². The second kappa shape index (κ2) is 5.47. The smallest absolute Gasteiger partial charge is 0.294 e. The van der Waals surface area contributed by atoms with E-state index in [1.807, 2.05) is 0 Å². The zero-order chi connectivity index (χ0) is 13.9. The van der Waals surface area contributed by atoms with Crippen LogP contribution in [0.1, 0.15) is 22.3 Å². The summed E-state index contributed by atoms with van der Waals surface area (Å²) in [6, 6.07) is 1.95. The number of nitro benzene ring substituents is 1. The molecule has 0 N–H and O–H groups in total. The van der Waals surface area contributed by atoms with Crippen LogP contribution >= 0.6 is 15.9 Å². The highest BCUT2D eigenvalue weighted by Crippen LogP contribution is 2.34. The van der Waals surface area contributed by atoms with Gasteiger partial charge in [0.25, 0.3) is 5.69 Å². The molecule has 1 rings (SSSR count). The molecule has 0 radical (unpaired) electrons. The minimum atomic E-state index is -4.72. The van der Waals surface area contributed by atoms with Gasteiger partial charge in [-0.15, -0.1) is 0 Å². The highest BCUT2D eigenvalue weighted by atomic mass is 79.9. The zero-order valence-electron chi connectivity index (χ0n) is 8.83. The van der Waals surface area contributed by atoms with Crippen molar-refractivity contribution in [3.8, 4) is 0 Å². The first kappa shape index (κ1) is 14.6. The SMILES string of the molecule is O=C(CCBr)c1cc([N+](=O)[O-])ccc1C(F)(F)F. The van der Waals surface area contributed by atoms with Crippen LogP contribution in [0, 0.1) is 10.1 Å². The number of Topliss-reactive ketones (excluding diaryl/α,β-unsaturated/α-hetero) is 1. The molecule has 18 heavy (non-hydrogen) atoms. The summed E-state index contributed by atoms with van der Waals surface area (Å²) < 4.78 is 37.9. The van der Waals surface area contributed by atoms with Crippen molar-refractivity contribution in [3.63, 3.8) is 0 Å². The van der Waals surface area contributed by atoms with Crippen LogP contribution in [-0.2, 0) is 6.18 Å². The molecule has 8 heteroatoms. The van der Waals surface area contributed by atoms with Gasteiger partial charge in [0.1, 0.15) is 0 Å².